The molecule has 3 saturated heterocycles. The van der Waals surface area contributed by atoms with E-state index in [9.17, 15) is 0 Å². The van der Waals surface area contributed by atoms with Gasteiger partial charge in [-0.2, -0.15) is 5.26 Å². The van der Waals surface area contributed by atoms with E-state index in [0.29, 0.717) is 13.0 Å². The van der Waals surface area contributed by atoms with Crippen LogP contribution in [0.2, 0.25) is 0 Å². The summed E-state index contributed by atoms with van der Waals surface area (Å²) in [6, 6.07) is 2.22. The molecular formula is C16H24INO4. The van der Waals surface area contributed by atoms with Gasteiger partial charge in [-0.1, -0.05) is 22.6 Å². The summed E-state index contributed by atoms with van der Waals surface area (Å²) < 4.78 is 25.3. The molecule has 0 aliphatic carbocycles. The Balaban J connectivity index is 1.66. The molecule has 0 N–H and O–H groups in total. The van der Waals surface area contributed by atoms with Crippen LogP contribution in [0, 0.1) is 11.3 Å². The Labute approximate surface area is 145 Å². The third-order valence-electron chi connectivity index (χ3n) is 4.87. The lowest BCUT2D eigenvalue weighted by Crippen LogP contribution is -2.49. The minimum atomic E-state index is -0.518. The van der Waals surface area contributed by atoms with Crippen molar-refractivity contribution in [1.82, 2.24) is 0 Å². The molecule has 0 amide bonds. The highest BCUT2D eigenvalue weighted by molar-refractivity contribution is 14.1. The number of hydrogen-bond donors (Lipinski definition) is 0. The van der Waals surface area contributed by atoms with E-state index in [1.165, 1.54) is 0 Å². The minimum Gasteiger partial charge on any atom is -0.369 e. The number of fused-ring (bicyclic) bond motifs is 1. The molecule has 1 unspecified atom stereocenters. The van der Waals surface area contributed by atoms with Crippen LogP contribution in [0.4, 0.5) is 0 Å². The van der Waals surface area contributed by atoms with Gasteiger partial charge in [0.25, 0.3) is 0 Å². The highest BCUT2D eigenvalue weighted by Crippen LogP contribution is 2.45. The highest BCUT2D eigenvalue weighted by atomic mass is 127. The predicted molar refractivity (Wildman–Crippen MR) is 88.8 cm³/mol. The number of halogens is 1. The maximum atomic E-state index is 8.78. The third kappa shape index (κ3) is 3.29. The molecular weight excluding hydrogens is 397 g/mol. The zero-order valence-corrected chi connectivity index (χ0v) is 15.4. The van der Waals surface area contributed by atoms with Gasteiger partial charge in [0.1, 0.15) is 11.7 Å². The molecule has 0 aromatic carbocycles. The smallest absolute Gasteiger partial charge is 0.163 e. The average molecular weight is 421 g/mol. The van der Waals surface area contributed by atoms with Crippen LogP contribution in [0.5, 0.6) is 0 Å². The van der Waals surface area contributed by atoms with Crippen molar-refractivity contribution in [3.8, 4) is 6.07 Å². The molecule has 0 spiro atoms. The van der Waals surface area contributed by atoms with Crippen molar-refractivity contribution >= 4 is 22.6 Å². The Morgan fingerprint density at radius 3 is 2.68 bits per heavy atom. The first-order chi connectivity index (χ1) is 10.5. The molecule has 22 heavy (non-hydrogen) atoms. The standard InChI is InChI=1S/C16H24INO4/c1-15(2)19-9-13(22-15)12-8-16(10-17)14(20-12)6-5-11(21-16)4-3-7-18/h11-14H,3-6,8-10H2,1-2H3/t11-,12+,13?,14-,16+/m0/s1. The summed E-state index contributed by atoms with van der Waals surface area (Å²) in [5.74, 6) is -0.518. The van der Waals surface area contributed by atoms with E-state index in [1.807, 2.05) is 13.8 Å². The van der Waals surface area contributed by atoms with E-state index in [1.54, 1.807) is 0 Å². The molecule has 5 nitrogen and oxygen atoms in total. The zero-order valence-electron chi connectivity index (χ0n) is 13.2. The van der Waals surface area contributed by atoms with E-state index in [4.69, 9.17) is 24.2 Å². The molecule has 124 valence electrons. The monoisotopic (exact) mass is 421 g/mol. The largest absolute Gasteiger partial charge is 0.369 e. The second kappa shape index (κ2) is 6.52. The van der Waals surface area contributed by atoms with Gasteiger partial charge in [-0.05, 0) is 33.1 Å². The lowest BCUT2D eigenvalue weighted by molar-refractivity contribution is -0.166. The maximum Gasteiger partial charge on any atom is 0.163 e. The van der Waals surface area contributed by atoms with E-state index in [-0.39, 0.29) is 30.0 Å². The van der Waals surface area contributed by atoms with Crippen molar-refractivity contribution in [2.75, 3.05) is 11.0 Å². The van der Waals surface area contributed by atoms with Gasteiger partial charge in [0.2, 0.25) is 0 Å². The number of hydrogen-bond acceptors (Lipinski definition) is 5. The molecule has 0 radical (unpaired) electrons. The summed E-state index contributed by atoms with van der Waals surface area (Å²) in [6.07, 6.45) is 4.57. The van der Waals surface area contributed by atoms with Crippen molar-refractivity contribution in [3.05, 3.63) is 0 Å². The van der Waals surface area contributed by atoms with Crippen molar-refractivity contribution in [2.24, 2.45) is 0 Å². The summed E-state index contributed by atoms with van der Waals surface area (Å²) in [4.78, 5) is 0. The lowest BCUT2D eigenvalue weighted by atomic mass is 9.87. The van der Waals surface area contributed by atoms with E-state index < -0.39 is 5.79 Å². The highest BCUT2D eigenvalue weighted by Gasteiger charge is 2.55. The number of rotatable bonds is 4. The van der Waals surface area contributed by atoms with Crippen LogP contribution in [0.25, 0.3) is 0 Å². The Hall–Kier alpha value is 0.0600. The van der Waals surface area contributed by atoms with Crippen molar-refractivity contribution in [1.29, 1.82) is 5.26 Å². The average Bonchev–Trinajstić information content (AvgIpc) is 3.05. The van der Waals surface area contributed by atoms with Crippen LogP contribution < -0.4 is 0 Å². The molecule has 3 rings (SSSR count). The van der Waals surface area contributed by atoms with Crippen LogP contribution in [0.15, 0.2) is 0 Å². The molecule has 0 bridgehead atoms. The fourth-order valence-electron chi connectivity index (χ4n) is 3.76. The van der Waals surface area contributed by atoms with Crippen molar-refractivity contribution in [2.45, 2.75) is 81.8 Å². The molecule has 3 fully saturated rings. The number of nitriles is 1. The van der Waals surface area contributed by atoms with Crippen LogP contribution in [0.1, 0.15) is 46.0 Å². The number of nitrogens with zero attached hydrogens (tertiary/aromatic N) is 1. The van der Waals surface area contributed by atoms with Crippen LogP contribution >= 0.6 is 22.6 Å². The fourth-order valence-corrected chi connectivity index (χ4v) is 4.74. The van der Waals surface area contributed by atoms with Gasteiger partial charge >= 0.3 is 0 Å². The molecule has 0 aromatic heterocycles. The molecule has 3 heterocycles. The van der Waals surface area contributed by atoms with Crippen LogP contribution in [-0.4, -0.2) is 46.8 Å². The van der Waals surface area contributed by atoms with Crippen molar-refractivity contribution < 1.29 is 18.9 Å². The summed E-state index contributed by atoms with van der Waals surface area (Å²) in [5, 5.41) is 8.78. The second-order valence-corrected chi connectivity index (χ2v) is 7.71. The molecule has 6 heteroatoms. The number of ether oxygens (including phenoxy) is 4. The molecule has 3 aliphatic heterocycles. The Morgan fingerprint density at radius 2 is 2.05 bits per heavy atom. The van der Waals surface area contributed by atoms with Gasteiger partial charge < -0.3 is 18.9 Å². The lowest BCUT2D eigenvalue weighted by Gasteiger charge is -2.41. The normalized spacial score (nSPS) is 43.7. The maximum absolute atomic E-state index is 8.78. The van der Waals surface area contributed by atoms with Crippen molar-refractivity contribution in [3.63, 3.8) is 0 Å². The van der Waals surface area contributed by atoms with Gasteiger partial charge in [0.05, 0.1) is 31.0 Å². The topological polar surface area (TPSA) is 60.7 Å². The molecule has 0 aromatic rings. The second-order valence-electron chi connectivity index (χ2n) is 6.95. The zero-order chi connectivity index (χ0) is 15.8. The third-order valence-corrected chi connectivity index (χ3v) is 6.17. The van der Waals surface area contributed by atoms with Gasteiger partial charge in [0, 0.05) is 17.3 Å². The van der Waals surface area contributed by atoms with Crippen LogP contribution in [-0.2, 0) is 18.9 Å². The SMILES string of the molecule is CC1(C)OCC([C@H]2C[C@]3(CI)O[C@@H](CCC#N)CC[C@@H]3O2)O1. The van der Waals surface area contributed by atoms with E-state index in [0.717, 1.165) is 30.1 Å². The summed E-state index contributed by atoms with van der Waals surface area (Å²) in [5.41, 5.74) is -0.223. The fraction of sp³-hybridized carbons (Fsp3) is 0.938. The predicted octanol–water partition coefficient (Wildman–Crippen LogP) is 2.95. The first-order valence-electron chi connectivity index (χ1n) is 8.06. The molecule has 0 saturated carbocycles. The molecule has 5 atom stereocenters. The van der Waals surface area contributed by atoms with Gasteiger partial charge in [-0.3, -0.25) is 0 Å². The quantitative estimate of drug-likeness (QED) is 0.516. The summed E-state index contributed by atoms with van der Waals surface area (Å²) in [7, 11) is 0. The molecule has 3 aliphatic rings. The first kappa shape index (κ1) is 16.9. The van der Waals surface area contributed by atoms with Gasteiger partial charge in [0.15, 0.2) is 5.79 Å². The van der Waals surface area contributed by atoms with E-state index in [2.05, 4.69) is 28.7 Å². The van der Waals surface area contributed by atoms with Crippen LogP contribution in [0.3, 0.4) is 0 Å². The minimum absolute atomic E-state index is 0.0124. The number of alkyl halides is 1. The first-order valence-corrected chi connectivity index (χ1v) is 9.58. The Bertz CT molecular complexity index is 452. The summed E-state index contributed by atoms with van der Waals surface area (Å²) in [6.45, 7) is 4.47. The van der Waals surface area contributed by atoms with Gasteiger partial charge in [-0.25, -0.2) is 0 Å². The van der Waals surface area contributed by atoms with Gasteiger partial charge in [-0.15, -0.1) is 0 Å². The summed E-state index contributed by atoms with van der Waals surface area (Å²) >= 11 is 2.40. The van der Waals surface area contributed by atoms with E-state index >= 15 is 0 Å². The Kier molecular flexibility index (Phi) is 5.01. The Morgan fingerprint density at radius 1 is 1.23 bits per heavy atom.